The molecule has 0 spiro atoms. The molecule has 0 bridgehead atoms. The minimum absolute atomic E-state index is 0.193. The van der Waals surface area contributed by atoms with E-state index in [1.54, 1.807) is 0 Å². The molecule has 92 valence electrons. The van der Waals surface area contributed by atoms with E-state index in [9.17, 15) is 4.79 Å². The lowest BCUT2D eigenvalue weighted by Gasteiger charge is -2.26. The van der Waals surface area contributed by atoms with Crippen LogP contribution in [0.15, 0.2) is 0 Å². The van der Waals surface area contributed by atoms with Gasteiger partial charge in [-0.15, -0.1) is 0 Å². The summed E-state index contributed by atoms with van der Waals surface area (Å²) in [5.41, 5.74) is 0. The number of hydrogen-bond donors (Lipinski definition) is 0. The van der Waals surface area contributed by atoms with Gasteiger partial charge in [0.2, 0.25) is 0 Å². The largest absolute Gasteiger partial charge is 0.465 e. The first-order valence-electron chi connectivity index (χ1n) is 5.62. The van der Waals surface area contributed by atoms with Crippen LogP contribution < -0.4 is 0 Å². The molecule has 1 heterocycles. The second-order valence-electron chi connectivity index (χ2n) is 4.29. The van der Waals surface area contributed by atoms with Gasteiger partial charge in [-0.3, -0.25) is 4.79 Å². The second kappa shape index (κ2) is 5.87. The molecule has 0 aromatic heterocycles. The van der Waals surface area contributed by atoms with Crippen molar-refractivity contribution >= 4 is 34.3 Å². The van der Waals surface area contributed by atoms with E-state index < -0.39 is 4.75 Å². The van der Waals surface area contributed by atoms with E-state index in [0.717, 1.165) is 17.4 Å². The molecule has 16 heavy (non-hydrogen) atoms. The number of carbonyl (C=O) groups excluding carboxylic acids is 1. The first-order valence-corrected chi connectivity index (χ1v) is 6.85. The summed E-state index contributed by atoms with van der Waals surface area (Å²) in [7, 11) is 0. The Bertz CT molecular complexity index is 273. The first-order chi connectivity index (χ1) is 7.47. The van der Waals surface area contributed by atoms with Gasteiger partial charge in [-0.05, 0) is 33.6 Å². The van der Waals surface area contributed by atoms with E-state index in [2.05, 4.69) is 4.90 Å². The molecular weight excluding hydrogens is 242 g/mol. The maximum atomic E-state index is 11.7. The first kappa shape index (κ1) is 13.8. The van der Waals surface area contributed by atoms with Gasteiger partial charge in [0.05, 0.1) is 6.61 Å². The Morgan fingerprint density at radius 2 is 2.00 bits per heavy atom. The van der Waals surface area contributed by atoms with Gasteiger partial charge in [0, 0.05) is 13.1 Å². The molecule has 0 N–H and O–H groups in total. The van der Waals surface area contributed by atoms with E-state index >= 15 is 0 Å². The molecule has 5 heteroatoms. The number of thioether (sulfide) groups is 1. The molecule has 1 saturated heterocycles. The van der Waals surface area contributed by atoms with Crippen LogP contribution in [0.1, 0.15) is 33.6 Å². The van der Waals surface area contributed by atoms with Crippen LogP contribution in [-0.4, -0.2) is 39.6 Å². The van der Waals surface area contributed by atoms with Gasteiger partial charge in [-0.2, -0.15) is 0 Å². The maximum Gasteiger partial charge on any atom is 0.322 e. The number of likely N-dealkylation sites (tertiary alicyclic amines) is 1. The molecule has 1 fully saturated rings. The zero-order chi connectivity index (χ0) is 12.2. The number of nitrogens with zero attached hydrogens (tertiary/aromatic N) is 1. The van der Waals surface area contributed by atoms with Crippen LogP contribution >= 0.6 is 24.0 Å². The number of hydrogen-bond acceptors (Lipinski definition) is 4. The van der Waals surface area contributed by atoms with Crippen molar-refractivity contribution in [2.75, 3.05) is 19.7 Å². The van der Waals surface area contributed by atoms with Crippen LogP contribution in [0.2, 0.25) is 0 Å². The Morgan fingerprint density at radius 1 is 1.44 bits per heavy atom. The van der Waals surface area contributed by atoms with Crippen molar-refractivity contribution in [3.63, 3.8) is 0 Å². The van der Waals surface area contributed by atoms with Crippen molar-refractivity contribution in [1.29, 1.82) is 0 Å². The smallest absolute Gasteiger partial charge is 0.322 e. The van der Waals surface area contributed by atoms with E-state index in [0.29, 0.717) is 6.61 Å². The Labute approximate surface area is 107 Å². The SMILES string of the molecule is CCOC(=O)C(C)(C)SC(=S)N1CCCC1. The zero-order valence-electron chi connectivity index (χ0n) is 10.1. The molecule has 0 unspecified atom stereocenters. The second-order valence-corrected chi connectivity index (χ2v) is 6.55. The molecule has 0 aromatic rings. The quantitative estimate of drug-likeness (QED) is 0.575. The fourth-order valence-electron chi connectivity index (χ4n) is 1.53. The third kappa shape index (κ3) is 3.63. The molecule has 0 radical (unpaired) electrons. The Hall–Kier alpha value is -0.290. The van der Waals surface area contributed by atoms with Crippen LogP contribution in [0, 0.1) is 0 Å². The van der Waals surface area contributed by atoms with Gasteiger partial charge in [0.15, 0.2) is 0 Å². The van der Waals surface area contributed by atoms with Crippen LogP contribution in [-0.2, 0) is 9.53 Å². The van der Waals surface area contributed by atoms with Crippen molar-refractivity contribution in [3.8, 4) is 0 Å². The Balaban J connectivity index is 2.50. The van der Waals surface area contributed by atoms with Crippen LogP contribution in [0.3, 0.4) is 0 Å². The number of carbonyl (C=O) groups is 1. The molecule has 0 aromatic carbocycles. The van der Waals surface area contributed by atoms with Crippen LogP contribution in [0.4, 0.5) is 0 Å². The zero-order valence-corrected chi connectivity index (χ0v) is 11.7. The van der Waals surface area contributed by atoms with Crippen molar-refractivity contribution in [2.45, 2.75) is 38.4 Å². The molecular formula is C11H19NO2S2. The molecule has 0 aliphatic carbocycles. The molecule has 0 saturated carbocycles. The van der Waals surface area contributed by atoms with Gasteiger partial charge in [-0.25, -0.2) is 0 Å². The number of esters is 1. The lowest BCUT2D eigenvalue weighted by molar-refractivity contribution is -0.145. The summed E-state index contributed by atoms with van der Waals surface area (Å²) >= 11 is 6.78. The fourth-order valence-corrected chi connectivity index (χ4v) is 3.23. The number of thiocarbonyl (C=S) groups is 1. The highest BCUT2D eigenvalue weighted by molar-refractivity contribution is 8.24. The van der Waals surface area contributed by atoms with Crippen molar-refractivity contribution in [3.05, 3.63) is 0 Å². The monoisotopic (exact) mass is 261 g/mol. The summed E-state index contributed by atoms with van der Waals surface area (Å²) in [5.74, 6) is -0.193. The summed E-state index contributed by atoms with van der Waals surface area (Å²) in [6, 6.07) is 0. The highest BCUT2D eigenvalue weighted by Crippen LogP contribution is 2.30. The summed E-state index contributed by atoms with van der Waals surface area (Å²) in [6.45, 7) is 7.99. The highest BCUT2D eigenvalue weighted by atomic mass is 32.2. The van der Waals surface area contributed by atoms with Gasteiger partial charge in [0.25, 0.3) is 0 Å². The highest BCUT2D eigenvalue weighted by Gasteiger charge is 2.33. The van der Waals surface area contributed by atoms with Crippen LogP contribution in [0.25, 0.3) is 0 Å². The predicted octanol–water partition coefficient (Wildman–Crippen LogP) is 2.44. The summed E-state index contributed by atoms with van der Waals surface area (Å²) in [6.07, 6.45) is 2.39. The predicted molar refractivity (Wildman–Crippen MR) is 71.7 cm³/mol. The average molecular weight is 261 g/mol. The van der Waals surface area contributed by atoms with Crippen molar-refractivity contribution in [1.82, 2.24) is 4.90 Å². The molecule has 1 rings (SSSR count). The van der Waals surface area contributed by atoms with Gasteiger partial charge >= 0.3 is 5.97 Å². The van der Waals surface area contributed by atoms with Gasteiger partial charge < -0.3 is 9.64 Å². The van der Waals surface area contributed by atoms with E-state index in [1.165, 1.54) is 24.6 Å². The van der Waals surface area contributed by atoms with Gasteiger partial charge in [0.1, 0.15) is 9.07 Å². The molecule has 1 aliphatic heterocycles. The maximum absolute atomic E-state index is 11.7. The fraction of sp³-hybridized carbons (Fsp3) is 0.818. The minimum Gasteiger partial charge on any atom is -0.465 e. The van der Waals surface area contributed by atoms with E-state index in [1.807, 2.05) is 20.8 Å². The summed E-state index contributed by atoms with van der Waals surface area (Å²) in [5, 5.41) is 0. The molecule has 0 atom stereocenters. The normalized spacial score (nSPS) is 16.3. The van der Waals surface area contributed by atoms with Gasteiger partial charge in [-0.1, -0.05) is 24.0 Å². The summed E-state index contributed by atoms with van der Waals surface area (Å²) < 4.78 is 5.26. The van der Waals surface area contributed by atoms with Crippen LogP contribution in [0.5, 0.6) is 0 Å². The van der Waals surface area contributed by atoms with E-state index in [-0.39, 0.29) is 5.97 Å². The lowest BCUT2D eigenvalue weighted by Crippen LogP contribution is -2.35. The third-order valence-electron chi connectivity index (χ3n) is 2.47. The lowest BCUT2D eigenvalue weighted by atomic mass is 10.2. The number of ether oxygens (including phenoxy) is 1. The van der Waals surface area contributed by atoms with Crippen molar-refractivity contribution in [2.24, 2.45) is 0 Å². The van der Waals surface area contributed by atoms with E-state index in [4.69, 9.17) is 17.0 Å². The molecule has 0 amide bonds. The van der Waals surface area contributed by atoms with Crippen molar-refractivity contribution < 1.29 is 9.53 Å². The number of rotatable bonds is 3. The minimum atomic E-state index is -0.588. The summed E-state index contributed by atoms with van der Waals surface area (Å²) in [4.78, 5) is 13.9. The average Bonchev–Trinajstić information content (AvgIpc) is 2.70. The Morgan fingerprint density at radius 3 is 2.50 bits per heavy atom. The molecule has 3 nitrogen and oxygen atoms in total. The molecule has 1 aliphatic rings. The topological polar surface area (TPSA) is 29.5 Å². The third-order valence-corrected chi connectivity index (χ3v) is 4.09. The Kier molecular flexibility index (Phi) is 5.05. The standard InChI is InChI=1S/C11H19NO2S2/c1-4-14-9(13)11(2,3)16-10(15)12-7-5-6-8-12/h4-8H2,1-3H3.